The topological polar surface area (TPSA) is 71.6 Å². The van der Waals surface area contributed by atoms with Gasteiger partial charge in [0.05, 0.1) is 0 Å². The summed E-state index contributed by atoms with van der Waals surface area (Å²) in [4.78, 5) is 15.6. The number of benzene rings is 1. The van der Waals surface area contributed by atoms with E-state index in [1.165, 1.54) is 11.0 Å². The number of hydrogen-bond donors (Lipinski definition) is 0. The van der Waals surface area contributed by atoms with Gasteiger partial charge in [0.15, 0.2) is 5.78 Å². The first-order valence-corrected chi connectivity index (χ1v) is 5.08. The quantitative estimate of drug-likeness (QED) is 0.740. The van der Waals surface area contributed by atoms with E-state index in [0.717, 1.165) is 5.56 Å². The molecule has 0 saturated carbocycles. The number of Topliss-reactive ketones (excluding diaryl/α,β-unsaturated/α-hetero) is 1. The number of aromatic nitrogens is 3. The van der Waals surface area contributed by atoms with E-state index in [1.807, 2.05) is 25.1 Å². The van der Waals surface area contributed by atoms with Crippen molar-refractivity contribution >= 4 is 5.78 Å². The van der Waals surface area contributed by atoms with Gasteiger partial charge in [-0.15, -0.1) is 5.10 Å². The molecule has 0 radical (unpaired) electrons. The number of carbonyl (C=O) groups excluding carboxylic acids is 1. The molecule has 17 heavy (non-hydrogen) atoms. The molecule has 0 saturated heterocycles. The second-order valence-corrected chi connectivity index (χ2v) is 3.67. The Balaban J connectivity index is 2.11. The lowest BCUT2D eigenvalue weighted by Crippen LogP contribution is -2.11. The van der Waals surface area contributed by atoms with Crippen LogP contribution in [-0.2, 0) is 6.54 Å². The summed E-state index contributed by atoms with van der Waals surface area (Å²) < 4.78 is 1.36. The standard InChI is InChI=1S/C12H10N4O/c1-9-2-4-10(5-3-9)11(17)7-16-8-14-12(6-13)15-16/h2-5,8H,7H2,1H3. The maximum atomic E-state index is 11.9. The monoisotopic (exact) mass is 226 g/mol. The molecular formula is C12H10N4O. The van der Waals surface area contributed by atoms with E-state index in [0.29, 0.717) is 5.56 Å². The van der Waals surface area contributed by atoms with Crippen molar-refractivity contribution in [1.82, 2.24) is 14.8 Å². The normalized spacial score (nSPS) is 9.88. The molecule has 1 heterocycles. The number of hydrogen-bond acceptors (Lipinski definition) is 4. The molecule has 0 fully saturated rings. The van der Waals surface area contributed by atoms with Gasteiger partial charge in [-0.2, -0.15) is 5.26 Å². The second kappa shape index (κ2) is 4.58. The van der Waals surface area contributed by atoms with Crippen LogP contribution >= 0.6 is 0 Å². The predicted octanol–water partition coefficient (Wildman–Crippen LogP) is 1.34. The molecule has 0 aliphatic rings. The van der Waals surface area contributed by atoms with Gasteiger partial charge >= 0.3 is 0 Å². The maximum Gasteiger partial charge on any atom is 0.252 e. The van der Waals surface area contributed by atoms with Crippen molar-refractivity contribution < 1.29 is 4.79 Å². The van der Waals surface area contributed by atoms with Crippen LogP contribution in [-0.4, -0.2) is 20.5 Å². The minimum Gasteiger partial charge on any atom is -0.292 e. The summed E-state index contributed by atoms with van der Waals surface area (Å²) in [5, 5.41) is 12.4. The molecule has 0 spiro atoms. The minimum atomic E-state index is -0.0561. The number of nitrogens with zero attached hydrogens (tertiary/aromatic N) is 4. The maximum absolute atomic E-state index is 11.9. The van der Waals surface area contributed by atoms with E-state index in [-0.39, 0.29) is 18.2 Å². The Hall–Kier alpha value is -2.48. The summed E-state index contributed by atoms with van der Waals surface area (Å²) in [5.74, 6) is 0.0149. The highest BCUT2D eigenvalue weighted by molar-refractivity contribution is 5.95. The Morgan fingerprint density at radius 2 is 2.12 bits per heavy atom. The van der Waals surface area contributed by atoms with Gasteiger partial charge in [-0.1, -0.05) is 29.8 Å². The van der Waals surface area contributed by atoms with Gasteiger partial charge in [0.25, 0.3) is 5.82 Å². The smallest absolute Gasteiger partial charge is 0.252 e. The Bertz CT molecular complexity index is 577. The highest BCUT2D eigenvalue weighted by atomic mass is 16.1. The third kappa shape index (κ3) is 2.55. The lowest BCUT2D eigenvalue weighted by atomic mass is 10.1. The fourth-order valence-corrected chi connectivity index (χ4v) is 1.40. The van der Waals surface area contributed by atoms with Crippen LogP contribution in [0.1, 0.15) is 21.7 Å². The Kier molecular flexibility index (Phi) is 2.97. The summed E-state index contributed by atoms with van der Waals surface area (Å²) in [5.41, 5.74) is 1.73. The average molecular weight is 226 g/mol. The number of aryl methyl sites for hydroxylation is 1. The first-order chi connectivity index (χ1) is 8.19. The Morgan fingerprint density at radius 3 is 2.71 bits per heavy atom. The zero-order valence-electron chi connectivity index (χ0n) is 9.29. The van der Waals surface area contributed by atoms with Crippen LogP contribution in [0, 0.1) is 18.3 Å². The number of ketones is 1. The van der Waals surface area contributed by atoms with Crippen LogP contribution in [0.25, 0.3) is 0 Å². The van der Waals surface area contributed by atoms with Crippen molar-refractivity contribution in [3.05, 3.63) is 47.5 Å². The van der Waals surface area contributed by atoms with Gasteiger partial charge < -0.3 is 0 Å². The molecule has 5 nitrogen and oxygen atoms in total. The number of carbonyl (C=O) groups is 1. The minimum absolute atomic E-state index is 0.0561. The van der Waals surface area contributed by atoms with Gasteiger partial charge in [-0.25, -0.2) is 9.67 Å². The average Bonchev–Trinajstić information content (AvgIpc) is 2.77. The van der Waals surface area contributed by atoms with Gasteiger partial charge in [-0.3, -0.25) is 4.79 Å². The highest BCUT2D eigenvalue weighted by Crippen LogP contribution is 2.05. The third-order valence-electron chi connectivity index (χ3n) is 2.32. The van der Waals surface area contributed by atoms with Crippen LogP contribution < -0.4 is 0 Å². The zero-order valence-corrected chi connectivity index (χ0v) is 9.29. The largest absolute Gasteiger partial charge is 0.292 e. The van der Waals surface area contributed by atoms with Gasteiger partial charge in [0.1, 0.15) is 18.9 Å². The predicted molar refractivity (Wildman–Crippen MR) is 60.2 cm³/mol. The molecule has 0 atom stereocenters. The van der Waals surface area contributed by atoms with Crippen molar-refractivity contribution in [3.63, 3.8) is 0 Å². The van der Waals surface area contributed by atoms with E-state index in [4.69, 9.17) is 5.26 Å². The molecule has 1 aromatic carbocycles. The fraction of sp³-hybridized carbons (Fsp3) is 0.167. The Morgan fingerprint density at radius 1 is 1.41 bits per heavy atom. The van der Waals surface area contributed by atoms with Crippen LogP contribution in [0.3, 0.4) is 0 Å². The van der Waals surface area contributed by atoms with E-state index in [2.05, 4.69) is 10.1 Å². The molecule has 0 amide bonds. The first-order valence-electron chi connectivity index (χ1n) is 5.08. The summed E-state index contributed by atoms with van der Waals surface area (Å²) in [6.45, 7) is 2.06. The third-order valence-corrected chi connectivity index (χ3v) is 2.32. The summed E-state index contributed by atoms with van der Waals surface area (Å²) >= 11 is 0. The van der Waals surface area contributed by atoms with Crippen molar-refractivity contribution in [2.45, 2.75) is 13.5 Å². The second-order valence-electron chi connectivity index (χ2n) is 3.67. The SMILES string of the molecule is Cc1ccc(C(=O)Cn2cnc(C#N)n2)cc1. The molecule has 0 N–H and O–H groups in total. The van der Waals surface area contributed by atoms with Crippen molar-refractivity contribution in [1.29, 1.82) is 5.26 Å². The highest BCUT2D eigenvalue weighted by Gasteiger charge is 2.08. The van der Waals surface area contributed by atoms with E-state index >= 15 is 0 Å². The Labute approximate surface area is 98.3 Å². The van der Waals surface area contributed by atoms with Crippen LogP contribution in [0.15, 0.2) is 30.6 Å². The van der Waals surface area contributed by atoms with Crippen molar-refractivity contribution in [2.75, 3.05) is 0 Å². The number of nitriles is 1. The molecule has 84 valence electrons. The molecule has 0 unspecified atom stereocenters. The van der Waals surface area contributed by atoms with E-state index in [9.17, 15) is 4.79 Å². The van der Waals surface area contributed by atoms with Crippen LogP contribution in [0.4, 0.5) is 0 Å². The molecule has 2 aromatic rings. The molecule has 5 heteroatoms. The van der Waals surface area contributed by atoms with E-state index in [1.54, 1.807) is 12.1 Å². The summed E-state index contributed by atoms with van der Waals surface area (Å²) in [7, 11) is 0. The van der Waals surface area contributed by atoms with E-state index < -0.39 is 0 Å². The lowest BCUT2D eigenvalue weighted by Gasteiger charge is -2.01. The first kappa shape index (κ1) is 11.0. The molecule has 1 aromatic heterocycles. The molecule has 0 bridgehead atoms. The van der Waals surface area contributed by atoms with Gasteiger partial charge in [-0.05, 0) is 6.92 Å². The summed E-state index contributed by atoms with van der Waals surface area (Å²) in [6, 6.07) is 9.14. The van der Waals surface area contributed by atoms with Crippen molar-refractivity contribution in [2.24, 2.45) is 0 Å². The molecule has 0 aliphatic carbocycles. The fourth-order valence-electron chi connectivity index (χ4n) is 1.40. The van der Waals surface area contributed by atoms with Crippen molar-refractivity contribution in [3.8, 4) is 6.07 Å². The van der Waals surface area contributed by atoms with Crippen LogP contribution in [0.2, 0.25) is 0 Å². The molecule has 2 rings (SSSR count). The van der Waals surface area contributed by atoms with Crippen LogP contribution in [0.5, 0.6) is 0 Å². The molecule has 0 aliphatic heterocycles. The lowest BCUT2D eigenvalue weighted by molar-refractivity contribution is 0.0967. The zero-order chi connectivity index (χ0) is 12.3. The molecular weight excluding hydrogens is 216 g/mol. The summed E-state index contributed by atoms with van der Waals surface area (Å²) in [6.07, 6.45) is 1.38. The van der Waals surface area contributed by atoms with Gasteiger partial charge in [0.2, 0.25) is 0 Å². The number of rotatable bonds is 3. The van der Waals surface area contributed by atoms with Gasteiger partial charge in [0, 0.05) is 5.56 Å².